The molecule has 0 aliphatic heterocycles. The van der Waals surface area contributed by atoms with Crippen molar-refractivity contribution in [1.29, 1.82) is 0 Å². The van der Waals surface area contributed by atoms with E-state index in [1.807, 2.05) is 6.07 Å². The van der Waals surface area contributed by atoms with Crippen LogP contribution < -0.4 is 0 Å². The summed E-state index contributed by atoms with van der Waals surface area (Å²) in [7, 11) is 0. The Hall–Kier alpha value is -1.19. The molecule has 1 unspecified atom stereocenters. The summed E-state index contributed by atoms with van der Waals surface area (Å²) >= 11 is 0. The van der Waals surface area contributed by atoms with Gasteiger partial charge in [-0.15, -0.1) is 0 Å². The zero-order valence-electron chi connectivity index (χ0n) is 8.31. The number of ether oxygens (including phenoxy) is 1. The summed E-state index contributed by atoms with van der Waals surface area (Å²) in [5.41, 5.74) is 0.459. The molecule has 0 aliphatic carbocycles. The first kappa shape index (κ1) is 10.9. The largest absolute Gasteiger partial charge is 0.362 e. The first-order chi connectivity index (χ1) is 6.61. The molecule has 0 aliphatic rings. The number of benzene rings is 1. The van der Waals surface area contributed by atoms with Gasteiger partial charge < -0.3 is 9.84 Å². The van der Waals surface area contributed by atoms with Crippen LogP contribution in [0.4, 0.5) is 0 Å². The van der Waals surface area contributed by atoms with E-state index < -0.39 is 12.1 Å². The molecule has 1 aromatic rings. The van der Waals surface area contributed by atoms with Crippen molar-refractivity contribution in [2.75, 3.05) is 0 Å². The summed E-state index contributed by atoms with van der Waals surface area (Å²) in [6.45, 7) is 3.53. The molecule has 0 bridgehead atoms. The highest BCUT2D eigenvalue weighted by Gasteiger charge is 2.18. The summed E-state index contributed by atoms with van der Waals surface area (Å²) in [5.74, 6) is -0.403. The molecule has 0 radical (unpaired) electrons. The van der Waals surface area contributed by atoms with Crippen LogP contribution in [0, 0.1) is 0 Å². The zero-order valence-corrected chi connectivity index (χ0v) is 8.31. The van der Waals surface area contributed by atoms with E-state index in [1.54, 1.807) is 38.1 Å². The molecule has 0 heterocycles. The Balaban J connectivity index is 2.66. The highest BCUT2D eigenvalue weighted by Crippen LogP contribution is 2.06. The van der Waals surface area contributed by atoms with Crippen molar-refractivity contribution in [2.24, 2.45) is 0 Å². The second-order valence-electron chi connectivity index (χ2n) is 3.27. The average Bonchev–Trinajstić information content (AvgIpc) is 2.17. The lowest BCUT2D eigenvalue weighted by molar-refractivity contribution is -0.0971. The fraction of sp³-hybridized carbons (Fsp3) is 0.364. The van der Waals surface area contributed by atoms with E-state index in [0.717, 1.165) is 0 Å². The van der Waals surface area contributed by atoms with Crippen molar-refractivity contribution in [3.8, 4) is 0 Å². The van der Waals surface area contributed by atoms with Crippen LogP contribution in [0.1, 0.15) is 24.2 Å². The fourth-order valence-corrected chi connectivity index (χ4v) is 1.06. The molecule has 0 fully saturated rings. The summed E-state index contributed by atoms with van der Waals surface area (Å²) in [6, 6.07) is 8.60. The lowest BCUT2D eigenvalue weighted by Crippen LogP contribution is -2.26. The van der Waals surface area contributed by atoms with Gasteiger partial charge in [0.15, 0.2) is 0 Å². The zero-order chi connectivity index (χ0) is 10.6. The third-order valence-corrected chi connectivity index (χ3v) is 1.68. The van der Waals surface area contributed by atoms with Crippen LogP contribution in [0.5, 0.6) is 0 Å². The Kier molecular flexibility index (Phi) is 3.80. The van der Waals surface area contributed by atoms with Crippen LogP contribution in [0.15, 0.2) is 30.3 Å². The van der Waals surface area contributed by atoms with Crippen molar-refractivity contribution in [2.45, 2.75) is 26.2 Å². The molecule has 0 saturated heterocycles. The molecule has 1 N–H and O–H groups in total. The van der Waals surface area contributed by atoms with Gasteiger partial charge in [0.2, 0.25) is 12.1 Å². The van der Waals surface area contributed by atoms with E-state index in [2.05, 4.69) is 0 Å². The van der Waals surface area contributed by atoms with E-state index in [1.165, 1.54) is 0 Å². The van der Waals surface area contributed by atoms with E-state index in [9.17, 15) is 9.90 Å². The number of hydrogen-bond donors (Lipinski definition) is 1. The van der Waals surface area contributed by atoms with E-state index in [-0.39, 0.29) is 6.10 Å². The second kappa shape index (κ2) is 4.88. The van der Waals surface area contributed by atoms with Crippen LogP contribution in [-0.4, -0.2) is 23.3 Å². The van der Waals surface area contributed by atoms with Gasteiger partial charge >= 0.3 is 0 Å². The highest BCUT2D eigenvalue weighted by atomic mass is 16.6. The molecule has 0 spiro atoms. The van der Waals surface area contributed by atoms with Gasteiger partial charge in [-0.25, -0.2) is 0 Å². The minimum atomic E-state index is -1.36. The Labute approximate surface area is 83.3 Å². The molecule has 1 rings (SSSR count). The molecule has 1 aromatic carbocycles. The van der Waals surface area contributed by atoms with Crippen molar-refractivity contribution < 1.29 is 14.6 Å². The Morgan fingerprint density at radius 3 is 2.36 bits per heavy atom. The maximum atomic E-state index is 11.5. The molecule has 76 valence electrons. The van der Waals surface area contributed by atoms with Gasteiger partial charge in [-0.3, -0.25) is 4.79 Å². The topological polar surface area (TPSA) is 46.5 Å². The van der Waals surface area contributed by atoms with Crippen LogP contribution in [0.25, 0.3) is 0 Å². The molecular formula is C11H14O3. The van der Waals surface area contributed by atoms with Gasteiger partial charge in [0, 0.05) is 5.56 Å². The maximum Gasteiger partial charge on any atom is 0.220 e. The number of aliphatic hydroxyl groups excluding tert-OH is 1. The van der Waals surface area contributed by atoms with Gasteiger partial charge in [0.1, 0.15) is 0 Å². The first-order valence-electron chi connectivity index (χ1n) is 4.54. The number of carbonyl (C=O) groups excluding carboxylic acids is 1. The predicted molar refractivity (Wildman–Crippen MR) is 53.0 cm³/mol. The standard InChI is InChI=1S/C11H14O3/c1-8(2)14-11(13)10(12)9-6-4-3-5-7-9/h3-8,11,13H,1-2H3. The molecule has 3 heteroatoms. The van der Waals surface area contributed by atoms with E-state index in [0.29, 0.717) is 5.56 Å². The normalized spacial score (nSPS) is 12.9. The third-order valence-electron chi connectivity index (χ3n) is 1.68. The van der Waals surface area contributed by atoms with Gasteiger partial charge in [-0.05, 0) is 13.8 Å². The Morgan fingerprint density at radius 2 is 1.86 bits per heavy atom. The number of carbonyl (C=O) groups is 1. The number of aliphatic hydroxyl groups is 1. The molecule has 0 amide bonds. The van der Waals surface area contributed by atoms with Crippen LogP contribution in [0.2, 0.25) is 0 Å². The van der Waals surface area contributed by atoms with Crippen LogP contribution in [0.3, 0.4) is 0 Å². The van der Waals surface area contributed by atoms with Crippen molar-refractivity contribution in [1.82, 2.24) is 0 Å². The highest BCUT2D eigenvalue weighted by molar-refractivity contribution is 5.98. The van der Waals surface area contributed by atoms with E-state index in [4.69, 9.17) is 4.74 Å². The van der Waals surface area contributed by atoms with Crippen molar-refractivity contribution in [3.63, 3.8) is 0 Å². The Bertz CT molecular complexity index is 293. The van der Waals surface area contributed by atoms with E-state index >= 15 is 0 Å². The van der Waals surface area contributed by atoms with Gasteiger partial charge in [-0.2, -0.15) is 0 Å². The summed E-state index contributed by atoms with van der Waals surface area (Å²) < 4.78 is 4.97. The molecule has 14 heavy (non-hydrogen) atoms. The molecular weight excluding hydrogens is 180 g/mol. The van der Waals surface area contributed by atoms with Crippen LogP contribution in [-0.2, 0) is 4.74 Å². The van der Waals surface area contributed by atoms with Crippen molar-refractivity contribution >= 4 is 5.78 Å². The predicted octanol–water partition coefficient (Wildman–Crippen LogP) is 1.61. The fourth-order valence-electron chi connectivity index (χ4n) is 1.06. The third kappa shape index (κ3) is 2.94. The SMILES string of the molecule is CC(C)OC(O)C(=O)c1ccccc1. The maximum absolute atomic E-state index is 11.5. The lowest BCUT2D eigenvalue weighted by Gasteiger charge is -2.13. The van der Waals surface area contributed by atoms with Gasteiger partial charge in [0.25, 0.3) is 0 Å². The molecule has 3 nitrogen and oxygen atoms in total. The monoisotopic (exact) mass is 194 g/mol. The lowest BCUT2D eigenvalue weighted by atomic mass is 10.1. The number of ketones is 1. The first-order valence-corrected chi connectivity index (χ1v) is 4.54. The quantitative estimate of drug-likeness (QED) is 0.585. The minimum Gasteiger partial charge on any atom is -0.362 e. The van der Waals surface area contributed by atoms with Crippen LogP contribution >= 0.6 is 0 Å². The number of hydrogen-bond acceptors (Lipinski definition) is 3. The summed E-state index contributed by atoms with van der Waals surface area (Å²) in [5, 5.41) is 9.37. The van der Waals surface area contributed by atoms with Gasteiger partial charge in [-0.1, -0.05) is 30.3 Å². The Morgan fingerprint density at radius 1 is 1.29 bits per heavy atom. The minimum absolute atomic E-state index is 0.169. The summed E-state index contributed by atoms with van der Waals surface area (Å²) in [4.78, 5) is 11.5. The molecule has 1 atom stereocenters. The smallest absolute Gasteiger partial charge is 0.220 e. The summed E-state index contributed by atoms with van der Waals surface area (Å²) in [6.07, 6.45) is -1.53. The van der Waals surface area contributed by atoms with Crippen molar-refractivity contribution in [3.05, 3.63) is 35.9 Å². The number of rotatable bonds is 4. The average molecular weight is 194 g/mol. The molecule has 0 saturated carbocycles. The number of Topliss-reactive ketones (excluding diaryl/α,β-unsaturated/α-hetero) is 1. The molecule has 0 aromatic heterocycles. The van der Waals surface area contributed by atoms with Gasteiger partial charge in [0.05, 0.1) is 6.10 Å². The second-order valence-corrected chi connectivity index (χ2v) is 3.27.